The third-order valence-corrected chi connectivity index (χ3v) is 3.48. The molecule has 0 aliphatic rings. The van der Waals surface area contributed by atoms with Gasteiger partial charge in [0, 0.05) is 6.92 Å². The van der Waals surface area contributed by atoms with E-state index in [1.807, 2.05) is 0 Å². The minimum atomic E-state index is -1.14. The first-order chi connectivity index (χ1) is 9.51. The minimum Gasteiger partial charge on any atom is -0.497 e. The number of nitrogens with zero attached hydrogens (tertiary/aromatic N) is 1. The summed E-state index contributed by atoms with van der Waals surface area (Å²) in [7, 11) is 1.55. The number of methoxy groups -OCH3 is 1. The van der Waals surface area contributed by atoms with E-state index in [9.17, 15) is 14.7 Å². The highest BCUT2D eigenvalue weighted by Gasteiger charge is 2.19. The Morgan fingerprint density at radius 1 is 1.30 bits per heavy atom. The summed E-state index contributed by atoms with van der Waals surface area (Å²) in [6.45, 7) is 1.34. The first kappa shape index (κ1) is 14.0. The Hall–Kier alpha value is -2.41. The molecule has 20 heavy (non-hydrogen) atoms. The van der Waals surface area contributed by atoms with Gasteiger partial charge in [-0.2, -0.15) is 0 Å². The Morgan fingerprint density at radius 3 is 2.45 bits per heavy atom. The van der Waals surface area contributed by atoms with Crippen molar-refractivity contribution in [1.82, 2.24) is 4.98 Å². The summed E-state index contributed by atoms with van der Waals surface area (Å²) in [5, 5.41) is 11.9. The van der Waals surface area contributed by atoms with Crippen molar-refractivity contribution < 1.29 is 19.4 Å². The van der Waals surface area contributed by atoms with Crippen LogP contribution < -0.4 is 10.1 Å². The number of thiazole rings is 1. The lowest BCUT2D eigenvalue weighted by molar-refractivity contribution is -0.114. The molecule has 0 saturated heterocycles. The molecule has 1 aromatic carbocycles. The van der Waals surface area contributed by atoms with Crippen LogP contribution in [0.5, 0.6) is 5.75 Å². The average molecular weight is 292 g/mol. The third kappa shape index (κ3) is 2.94. The molecule has 1 amide bonds. The van der Waals surface area contributed by atoms with E-state index < -0.39 is 5.97 Å². The molecule has 6 nitrogen and oxygen atoms in total. The van der Waals surface area contributed by atoms with Gasteiger partial charge >= 0.3 is 5.97 Å². The second-order valence-corrected chi connectivity index (χ2v) is 4.91. The van der Waals surface area contributed by atoms with Gasteiger partial charge in [-0.3, -0.25) is 4.79 Å². The molecule has 7 heteroatoms. The Balaban J connectivity index is 2.44. The molecule has 0 unspecified atom stereocenters. The van der Waals surface area contributed by atoms with Crippen LogP contribution in [0.4, 0.5) is 5.13 Å². The van der Waals surface area contributed by atoms with Gasteiger partial charge in [0.25, 0.3) is 0 Å². The average Bonchev–Trinajstić information content (AvgIpc) is 2.82. The number of anilines is 1. The van der Waals surface area contributed by atoms with Crippen molar-refractivity contribution in [3.05, 3.63) is 30.0 Å². The normalized spacial score (nSPS) is 10.1. The fourth-order valence-corrected chi connectivity index (χ4v) is 2.62. The lowest BCUT2D eigenvalue weighted by Gasteiger charge is -2.01. The van der Waals surface area contributed by atoms with E-state index in [2.05, 4.69) is 10.3 Å². The number of amides is 1. The number of aromatic nitrogens is 1. The van der Waals surface area contributed by atoms with E-state index >= 15 is 0 Å². The molecule has 0 radical (unpaired) electrons. The monoisotopic (exact) mass is 292 g/mol. The molecule has 1 aromatic heterocycles. The minimum absolute atomic E-state index is 0.0797. The van der Waals surface area contributed by atoms with Crippen LogP contribution in [0.25, 0.3) is 10.4 Å². The first-order valence-corrected chi connectivity index (χ1v) is 6.49. The van der Waals surface area contributed by atoms with Crippen LogP contribution >= 0.6 is 11.3 Å². The molecule has 104 valence electrons. The fourth-order valence-electron chi connectivity index (χ4n) is 1.61. The van der Waals surface area contributed by atoms with Crippen molar-refractivity contribution >= 4 is 28.3 Å². The van der Waals surface area contributed by atoms with Crippen molar-refractivity contribution in [3.63, 3.8) is 0 Å². The number of carboxylic acids is 1. The number of ether oxygens (including phenoxy) is 1. The summed E-state index contributed by atoms with van der Waals surface area (Å²) in [6, 6.07) is 6.96. The number of nitrogens with one attached hydrogen (secondary N) is 1. The van der Waals surface area contributed by atoms with Gasteiger partial charge in [0.05, 0.1) is 12.0 Å². The highest BCUT2D eigenvalue weighted by molar-refractivity contribution is 7.19. The van der Waals surface area contributed by atoms with E-state index in [-0.39, 0.29) is 16.7 Å². The van der Waals surface area contributed by atoms with Crippen molar-refractivity contribution in [2.24, 2.45) is 0 Å². The van der Waals surface area contributed by atoms with E-state index in [0.717, 1.165) is 11.3 Å². The van der Waals surface area contributed by atoms with Crippen molar-refractivity contribution in [1.29, 1.82) is 0 Å². The lowest BCUT2D eigenvalue weighted by Crippen LogP contribution is -2.06. The Bertz CT molecular complexity index is 649. The van der Waals surface area contributed by atoms with Gasteiger partial charge in [-0.1, -0.05) is 11.3 Å². The van der Waals surface area contributed by atoms with Crippen LogP contribution in [0.2, 0.25) is 0 Å². The van der Waals surface area contributed by atoms with Crippen LogP contribution in [-0.4, -0.2) is 29.1 Å². The van der Waals surface area contributed by atoms with E-state index in [1.54, 1.807) is 31.4 Å². The van der Waals surface area contributed by atoms with Gasteiger partial charge in [-0.25, -0.2) is 9.78 Å². The molecule has 1 heterocycles. The lowest BCUT2D eigenvalue weighted by atomic mass is 10.1. The molecular weight excluding hydrogens is 280 g/mol. The van der Waals surface area contributed by atoms with Gasteiger partial charge in [0.15, 0.2) is 10.8 Å². The topological polar surface area (TPSA) is 88.5 Å². The molecule has 0 bridgehead atoms. The smallest absolute Gasteiger partial charge is 0.356 e. The molecule has 2 aromatic rings. The highest BCUT2D eigenvalue weighted by atomic mass is 32.1. The molecule has 0 aliphatic heterocycles. The quantitative estimate of drug-likeness (QED) is 0.903. The van der Waals surface area contributed by atoms with Gasteiger partial charge in [-0.05, 0) is 29.8 Å². The summed E-state index contributed by atoms with van der Waals surface area (Å²) in [5.74, 6) is -0.752. The fraction of sp³-hybridized carbons (Fsp3) is 0.154. The zero-order valence-corrected chi connectivity index (χ0v) is 11.7. The summed E-state index contributed by atoms with van der Waals surface area (Å²) < 4.78 is 5.06. The van der Waals surface area contributed by atoms with Gasteiger partial charge in [0.1, 0.15) is 5.75 Å². The molecule has 0 saturated carbocycles. The van der Waals surface area contributed by atoms with E-state index in [0.29, 0.717) is 16.2 Å². The highest BCUT2D eigenvalue weighted by Crippen LogP contribution is 2.34. The first-order valence-electron chi connectivity index (χ1n) is 5.67. The van der Waals surface area contributed by atoms with Crippen LogP contribution in [0.3, 0.4) is 0 Å². The maximum atomic E-state index is 11.2. The zero-order valence-electron chi connectivity index (χ0n) is 10.8. The predicted octanol–water partition coefficient (Wildman–Crippen LogP) is 2.48. The van der Waals surface area contributed by atoms with E-state index in [1.165, 1.54) is 6.92 Å². The summed E-state index contributed by atoms with van der Waals surface area (Å²) in [5.41, 5.74) is 0.626. The summed E-state index contributed by atoms with van der Waals surface area (Å²) in [6.07, 6.45) is 0. The number of hydrogen-bond donors (Lipinski definition) is 2. The maximum absolute atomic E-state index is 11.2. The van der Waals surface area contributed by atoms with E-state index in [4.69, 9.17) is 4.74 Å². The Morgan fingerprint density at radius 2 is 1.95 bits per heavy atom. The maximum Gasteiger partial charge on any atom is 0.356 e. The zero-order chi connectivity index (χ0) is 14.7. The predicted molar refractivity (Wildman–Crippen MR) is 75.4 cm³/mol. The number of hydrogen-bond acceptors (Lipinski definition) is 5. The van der Waals surface area contributed by atoms with Crippen LogP contribution in [0.15, 0.2) is 24.3 Å². The SMILES string of the molecule is COc1ccc(-c2sc(NC(C)=O)nc2C(=O)O)cc1. The Labute approximate surface area is 119 Å². The summed E-state index contributed by atoms with van der Waals surface area (Å²) >= 11 is 1.12. The molecule has 2 N–H and O–H groups in total. The van der Waals surface area contributed by atoms with Gasteiger partial charge in [-0.15, -0.1) is 0 Å². The van der Waals surface area contributed by atoms with Crippen molar-refractivity contribution in [2.45, 2.75) is 6.92 Å². The van der Waals surface area contributed by atoms with Crippen molar-refractivity contribution in [3.8, 4) is 16.2 Å². The number of carbonyl (C=O) groups excluding carboxylic acids is 1. The Kier molecular flexibility index (Phi) is 3.99. The molecule has 0 aliphatic carbocycles. The number of carboxylic acid groups (broad SMARTS) is 1. The second-order valence-electron chi connectivity index (χ2n) is 3.91. The summed E-state index contributed by atoms with van der Waals surface area (Å²) in [4.78, 5) is 26.7. The molecule has 0 atom stereocenters. The number of rotatable bonds is 4. The van der Waals surface area contributed by atoms with Crippen LogP contribution in [-0.2, 0) is 4.79 Å². The number of carbonyl (C=O) groups is 2. The number of aromatic carboxylic acids is 1. The van der Waals surface area contributed by atoms with Gasteiger partial charge in [0.2, 0.25) is 5.91 Å². The molecule has 0 spiro atoms. The molecule has 2 rings (SSSR count). The van der Waals surface area contributed by atoms with Crippen molar-refractivity contribution in [2.75, 3.05) is 12.4 Å². The van der Waals surface area contributed by atoms with Crippen LogP contribution in [0.1, 0.15) is 17.4 Å². The van der Waals surface area contributed by atoms with Crippen LogP contribution in [0, 0.1) is 0 Å². The largest absolute Gasteiger partial charge is 0.497 e. The molecule has 0 fully saturated rings. The third-order valence-electron chi connectivity index (χ3n) is 2.46. The second kappa shape index (κ2) is 5.70. The number of benzene rings is 1. The molecular formula is C13H12N2O4S. The standard InChI is InChI=1S/C13H12N2O4S/c1-7(16)14-13-15-10(12(17)18)11(20-13)8-3-5-9(19-2)6-4-8/h3-6H,1-2H3,(H,17,18)(H,14,15,16). The van der Waals surface area contributed by atoms with Gasteiger partial charge < -0.3 is 15.2 Å².